The van der Waals surface area contributed by atoms with Crippen LogP contribution < -0.4 is 5.32 Å². The molecule has 1 aliphatic rings. The molecule has 8 nitrogen and oxygen atoms in total. The number of morpholine rings is 1. The summed E-state index contributed by atoms with van der Waals surface area (Å²) in [7, 11) is -3.60. The number of rotatable bonds is 9. The van der Waals surface area contributed by atoms with Crippen LogP contribution in [-0.4, -0.2) is 54.5 Å². The van der Waals surface area contributed by atoms with Crippen LogP contribution in [0.2, 0.25) is 0 Å². The van der Waals surface area contributed by atoms with E-state index in [1.54, 1.807) is 12.1 Å². The molecule has 1 aliphatic heterocycles. The van der Waals surface area contributed by atoms with Crippen LogP contribution in [0, 0.1) is 6.92 Å². The van der Waals surface area contributed by atoms with Crippen LogP contribution in [0.15, 0.2) is 41.3 Å². The molecule has 4 rings (SSSR count). The lowest BCUT2D eigenvalue weighted by Crippen LogP contribution is -2.40. The largest absolute Gasteiger partial charge is 0.379 e. The molecule has 0 saturated carbocycles. The van der Waals surface area contributed by atoms with Crippen LogP contribution in [0.3, 0.4) is 0 Å². The number of anilines is 1. The summed E-state index contributed by atoms with van der Waals surface area (Å²) in [6.07, 6.45) is 2.52. The van der Waals surface area contributed by atoms with E-state index in [9.17, 15) is 13.2 Å². The van der Waals surface area contributed by atoms with E-state index in [0.717, 1.165) is 47.5 Å². The summed E-state index contributed by atoms with van der Waals surface area (Å²) in [4.78, 5) is 17.8. The van der Waals surface area contributed by atoms with Crippen molar-refractivity contribution in [2.75, 3.05) is 31.6 Å². The number of aryl methyl sites for hydroxylation is 4. The van der Waals surface area contributed by atoms with E-state index in [-0.39, 0.29) is 10.8 Å². The standard InChI is InChI=1S/C26H34N4O4S/c1-4-13-30-23-10-9-21(35(32,33)29-14-16-34-17-15-29)18-22(23)27-24(30)11-12-25(31)28-26-19(3)7-6-8-20(26)5-2/h6-10,18H,4-5,11-17H2,1-3H3,(H,28,31). The van der Waals surface area contributed by atoms with E-state index in [0.29, 0.717) is 44.7 Å². The number of nitrogens with one attached hydrogen (secondary N) is 1. The lowest BCUT2D eigenvalue weighted by molar-refractivity contribution is -0.116. The Hall–Kier alpha value is -2.75. The first-order valence-electron chi connectivity index (χ1n) is 12.3. The highest BCUT2D eigenvalue weighted by molar-refractivity contribution is 7.89. The number of sulfonamides is 1. The minimum Gasteiger partial charge on any atom is -0.379 e. The second-order valence-corrected chi connectivity index (χ2v) is 10.8. The van der Waals surface area contributed by atoms with Crippen molar-refractivity contribution in [3.8, 4) is 0 Å². The minimum absolute atomic E-state index is 0.0558. The molecular weight excluding hydrogens is 464 g/mol. The summed E-state index contributed by atoms with van der Waals surface area (Å²) in [5.41, 5.74) is 4.57. The molecule has 0 bridgehead atoms. The molecule has 1 N–H and O–H groups in total. The van der Waals surface area contributed by atoms with E-state index >= 15 is 0 Å². The maximum atomic E-state index is 13.1. The molecular formula is C26H34N4O4S. The molecule has 1 fully saturated rings. The summed E-state index contributed by atoms with van der Waals surface area (Å²) in [6.45, 7) is 8.42. The van der Waals surface area contributed by atoms with Gasteiger partial charge in [-0.2, -0.15) is 4.31 Å². The van der Waals surface area contributed by atoms with Gasteiger partial charge in [-0.25, -0.2) is 13.4 Å². The second kappa shape index (κ2) is 10.9. The molecule has 188 valence electrons. The fraction of sp³-hybridized carbons (Fsp3) is 0.462. The second-order valence-electron chi connectivity index (χ2n) is 8.86. The van der Waals surface area contributed by atoms with Gasteiger partial charge in [-0.15, -0.1) is 0 Å². The molecule has 0 atom stereocenters. The molecule has 1 aromatic heterocycles. The molecule has 35 heavy (non-hydrogen) atoms. The van der Waals surface area contributed by atoms with Gasteiger partial charge in [-0.05, 0) is 49.1 Å². The van der Waals surface area contributed by atoms with Crippen LogP contribution >= 0.6 is 0 Å². The monoisotopic (exact) mass is 498 g/mol. The predicted molar refractivity (Wildman–Crippen MR) is 137 cm³/mol. The lowest BCUT2D eigenvalue weighted by Gasteiger charge is -2.26. The van der Waals surface area contributed by atoms with Crippen molar-refractivity contribution in [1.29, 1.82) is 0 Å². The fourth-order valence-corrected chi connectivity index (χ4v) is 5.98. The van der Waals surface area contributed by atoms with Crippen molar-refractivity contribution in [3.05, 3.63) is 53.3 Å². The molecule has 0 unspecified atom stereocenters. The van der Waals surface area contributed by atoms with Gasteiger partial charge in [0.15, 0.2) is 0 Å². The van der Waals surface area contributed by atoms with Crippen LogP contribution in [0.1, 0.15) is 43.6 Å². The van der Waals surface area contributed by atoms with Crippen LogP contribution in [0.5, 0.6) is 0 Å². The van der Waals surface area contributed by atoms with E-state index in [4.69, 9.17) is 9.72 Å². The van der Waals surface area contributed by atoms with Crippen molar-refractivity contribution in [2.45, 2.75) is 57.9 Å². The number of ether oxygens (including phenoxy) is 1. The number of carbonyl (C=O) groups is 1. The zero-order chi connectivity index (χ0) is 25.0. The first kappa shape index (κ1) is 25.3. The van der Waals surface area contributed by atoms with Crippen molar-refractivity contribution >= 4 is 32.7 Å². The van der Waals surface area contributed by atoms with Gasteiger partial charge in [-0.3, -0.25) is 4.79 Å². The van der Waals surface area contributed by atoms with Gasteiger partial charge in [0.05, 0.1) is 29.1 Å². The van der Waals surface area contributed by atoms with Gasteiger partial charge in [-0.1, -0.05) is 32.0 Å². The number of benzene rings is 2. The third-order valence-electron chi connectivity index (χ3n) is 6.43. The zero-order valence-electron chi connectivity index (χ0n) is 20.7. The average molecular weight is 499 g/mol. The number of hydrogen-bond acceptors (Lipinski definition) is 5. The summed E-state index contributed by atoms with van der Waals surface area (Å²) < 4.78 is 35.1. The van der Waals surface area contributed by atoms with Crippen molar-refractivity contribution in [3.63, 3.8) is 0 Å². The van der Waals surface area contributed by atoms with Gasteiger partial charge < -0.3 is 14.6 Å². The van der Waals surface area contributed by atoms with Crippen LogP contribution in [0.25, 0.3) is 11.0 Å². The number of hydrogen-bond donors (Lipinski definition) is 1. The van der Waals surface area contributed by atoms with E-state index in [2.05, 4.69) is 23.7 Å². The summed E-state index contributed by atoms with van der Waals surface area (Å²) in [5, 5.41) is 3.08. The Morgan fingerprint density at radius 3 is 2.63 bits per heavy atom. The van der Waals surface area contributed by atoms with Gasteiger partial charge in [0, 0.05) is 38.2 Å². The number of para-hydroxylation sites is 1. The fourth-order valence-electron chi connectivity index (χ4n) is 4.55. The number of nitrogens with zero attached hydrogens (tertiary/aromatic N) is 3. The Kier molecular flexibility index (Phi) is 7.88. The van der Waals surface area contributed by atoms with Crippen molar-refractivity contribution in [1.82, 2.24) is 13.9 Å². The van der Waals surface area contributed by atoms with Crippen LogP contribution in [-0.2, 0) is 38.9 Å². The minimum atomic E-state index is -3.60. The zero-order valence-corrected chi connectivity index (χ0v) is 21.5. The molecule has 1 saturated heterocycles. The maximum absolute atomic E-state index is 13.1. The van der Waals surface area contributed by atoms with Gasteiger partial charge in [0.25, 0.3) is 0 Å². The molecule has 0 radical (unpaired) electrons. The Labute approximate surface area is 207 Å². The lowest BCUT2D eigenvalue weighted by atomic mass is 10.1. The van der Waals surface area contributed by atoms with E-state index in [1.807, 2.05) is 31.2 Å². The van der Waals surface area contributed by atoms with Crippen LogP contribution in [0.4, 0.5) is 5.69 Å². The number of fused-ring (bicyclic) bond motifs is 1. The Morgan fingerprint density at radius 2 is 1.91 bits per heavy atom. The Bertz CT molecular complexity index is 1310. The maximum Gasteiger partial charge on any atom is 0.243 e. The van der Waals surface area contributed by atoms with Gasteiger partial charge in [0.1, 0.15) is 5.82 Å². The number of imidazole rings is 1. The summed E-state index contributed by atoms with van der Waals surface area (Å²) in [5.74, 6) is 0.734. The smallest absolute Gasteiger partial charge is 0.243 e. The van der Waals surface area contributed by atoms with E-state index < -0.39 is 10.0 Å². The SMILES string of the molecule is CCCn1c(CCC(=O)Nc2c(C)cccc2CC)nc2cc(S(=O)(=O)N3CCOCC3)ccc21. The highest BCUT2D eigenvalue weighted by Gasteiger charge is 2.27. The number of aromatic nitrogens is 2. The highest BCUT2D eigenvalue weighted by Crippen LogP contribution is 2.25. The Morgan fingerprint density at radius 1 is 1.14 bits per heavy atom. The van der Waals surface area contributed by atoms with Gasteiger partial charge >= 0.3 is 0 Å². The molecule has 9 heteroatoms. The topological polar surface area (TPSA) is 93.5 Å². The molecule has 2 heterocycles. The normalized spacial score (nSPS) is 14.9. The molecule has 0 aliphatic carbocycles. The van der Waals surface area contributed by atoms with Crippen molar-refractivity contribution < 1.29 is 17.9 Å². The first-order chi connectivity index (χ1) is 16.8. The summed E-state index contributed by atoms with van der Waals surface area (Å²) >= 11 is 0. The predicted octanol–water partition coefficient (Wildman–Crippen LogP) is 3.91. The molecule has 2 aromatic carbocycles. The molecule has 3 aromatic rings. The quantitative estimate of drug-likeness (QED) is 0.483. The van der Waals surface area contributed by atoms with Gasteiger partial charge in [0.2, 0.25) is 15.9 Å². The molecule has 0 spiro atoms. The van der Waals surface area contributed by atoms with E-state index in [1.165, 1.54) is 4.31 Å². The summed E-state index contributed by atoms with van der Waals surface area (Å²) in [6, 6.07) is 11.2. The number of amides is 1. The Balaban J connectivity index is 1.55. The third kappa shape index (κ3) is 5.42. The number of carbonyl (C=O) groups excluding carboxylic acids is 1. The highest BCUT2D eigenvalue weighted by atomic mass is 32.2. The molecule has 1 amide bonds. The average Bonchev–Trinajstić information content (AvgIpc) is 3.21. The van der Waals surface area contributed by atoms with Crippen molar-refractivity contribution in [2.24, 2.45) is 0 Å². The third-order valence-corrected chi connectivity index (χ3v) is 8.33. The first-order valence-corrected chi connectivity index (χ1v) is 13.7.